The van der Waals surface area contributed by atoms with Gasteiger partial charge in [-0.25, -0.2) is 4.98 Å². The Kier molecular flexibility index (Phi) is 2.95. The normalized spacial score (nSPS) is 10.3. The number of ether oxygens (including phenoxy) is 1. The third kappa shape index (κ3) is 2.20. The fourth-order valence-corrected chi connectivity index (χ4v) is 1.68. The molecule has 1 aromatic carbocycles. The van der Waals surface area contributed by atoms with E-state index in [-0.39, 0.29) is 5.56 Å². The van der Waals surface area contributed by atoms with Crippen LogP contribution in [0.3, 0.4) is 0 Å². The van der Waals surface area contributed by atoms with Gasteiger partial charge in [0.15, 0.2) is 0 Å². The molecule has 0 unspecified atom stereocenters. The van der Waals surface area contributed by atoms with Crippen molar-refractivity contribution in [1.29, 1.82) is 0 Å². The SMILES string of the molecule is COc1ccc(-c2nc(C)[nH]c(=O)c2C)cc1. The maximum atomic E-state index is 11.6. The van der Waals surface area contributed by atoms with E-state index in [2.05, 4.69) is 9.97 Å². The Balaban J connectivity index is 2.56. The smallest absolute Gasteiger partial charge is 0.254 e. The monoisotopic (exact) mass is 230 g/mol. The average molecular weight is 230 g/mol. The van der Waals surface area contributed by atoms with Crippen LogP contribution in [0.5, 0.6) is 5.75 Å². The van der Waals surface area contributed by atoms with E-state index in [1.165, 1.54) is 0 Å². The molecule has 1 N–H and O–H groups in total. The number of methoxy groups -OCH3 is 1. The maximum absolute atomic E-state index is 11.6. The van der Waals surface area contributed by atoms with Crippen LogP contribution in [0.1, 0.15) is 11.4 Å². The summed E-state index contributed by atoms with van der Waals surface area (Å²) in [5.41, 5.74) is 2.16. The quantitative estimate of drug-likeness (QED) is 0.859. The molecule has 0 aliphatic heterocycles. The van der Waals surface area contributed by atoms with E-state index in [4.69, 9.17) is 4.74 Å². The van der Waals surface area contributed by atoms with Gasteiger partial charge in [-0.05, 0) is 38.1 Å². The topological polar surface area (TPSA) is 55.0 Å². The van der Waals surface area contributed by atoms with Crippen molar-refractivity contribution in [3.8, 4) is 17.0 Å². The van der Waals surface area contributed by atoms with Crippen molar-refractivity contribution in [1.82, 2.24) is 9.97 Å². The zero-order chi connectivity index (χ0) is 12.4. The highest BCUT2D eigenvalue weighted by atomic mass is 16.5. The molecule has 0 aliphatic rings. The van der Waals surface area contributed by atoms with Gasteiger partial charge >= 0.3 is 0 Å². The van der Waals surface area contributed by atoms with Crippen molar-refractivity contribution in [2.24, 2.45) is 0 Å². The summed E-state index contributed by atoms with van der Waals surface area (Å²) in [6.07, 6.45) is 0. The van der Waals surface area contributed by atoms with Crippen molar-refractivity contribution in [2.45, 2.75) is 13.8 Å². The van der Waals surface area contributed by atoms with Gasteiger partial charge in [0.25, 0.3) is 5.56 Å². The summed E-state index contributed by atoms with van der Waals surface area (Å²) in [7, 11) is 1.62. The molecule has 2 rings (SSSR count). The van der Waals surface area contributed by atoms with Crippen molar-refractivity contribution < 1.29 is 4.74 Å². The first kappa shape index (κ1) is 11.4. The van der Waals surface area contributed by atoms with Crippen LogP contribution in [0.25, 0.3) is 11.3 Å². The van der Waals surface area contributed by atoms with Gasteiger partial charge in [-0.2, -0.15) is 0 Å². The summed E-state index contributed by atoms with van der Waals surface area (Å²) >= 11 is 0. The number of nitrogens with one attached hydrogen (secondary N) is 1. The zero-order valence-corrected chi connectivity index (χ0v) is 10.1. The lowest BCUT2D eigenvalue weighted by Gasteiger charge is -2.06. The Morgan fingerprint density at radius 3 is 2.41 bits per heavy atom. The van der Waals surface area contributed by atoms with E-state index in [9.17, 15) is 4.79 Å². The Bertz CT molecular complexity index is 585. The van der Waals surface area contributed by atoms with Crippen LogP contribution < -0.4 is 10.3 Å². The molecule has 0 aliphatic carbocycles. The minimum atomic E-state index is -0.0941. The summed E-state index contributed by atoms with van der Waals surface area (Å²) in [6, 6.07) is 7.50. The van der Waals surface area contributed by atoms with Crippen LogP contribution in [-0.4, -0.2) is 17.1 Å². The van der Waals surface area contributed by atoms with E-state index in [1.807, 2.05) is 24.3 Å². The molecule has 0 saturated carbocycles. The summed E-state index contributed by atoms with van der Waals surface area (Å²) in [5.74, 6) is 1.40. The first-order valence-electron chi connectivity index (χ1n) is 5.34. The van der Waals surface area contributed by atoms with Crippen molar-refractivity contribution in [2.75, 3.05) is 7.11 Å². The third-order valence-corrected chi connectivity index (χ3v) is 2.63. The molecule has 17 heavy (non-hydrogen) atoms. The van der Waals surface area contributed by atoms with E-state index in [0.29, 0.717) is 17.1 Å². The highest BCUT2D eigenvalue weighted by Gasteiger charge is 2.08. The molecule has 0 fully saturated rings. The largest absolute Gasteiger partial charge is 0.497 e. The highest BCUT2D eigenvalue weighted by Crippen LogP contribution is 2.21. The molecule has 0 spiro atoms. The minimum absolute atomic E-state index is 0.0941. The predicted molar refractivity (Wildman–Crippen MR) is 66.3 cm³/mol. The molecule has 0 amide bonds. The molecule has 4 nitrogen and oxygen atoms in total. The molecular weight excluding hydrogens is 216 g/mol. The van der Waals surface area contributed by atoms with Gasteiger partial charge in [0.1, 0.15) is 11.6 Å². The number of aryl methyl sites for hydroxylation is 1. The molecule has 1 aromatic heterocycles. The summed E-state index contributed by atoms with van der Waals surface area (Å²) < 4.78 is 5.09. The summed E-state index contributed by atoms with van der Waals surface area (Å²) in [5, 5.41) is 0. The zero-order valence-electron chi connectivity index (χ0n) is 10.1. The van der Waals surface area contributed by atoms with Gasteiger partial charge in [0.2, 0.25) is 0 Å². The first-order chi connectivity index (χ1) is 8.11. The molecule has 0 atom stereocenters. The van der Waals surface area contributed by atoms with Crippen molar-refractivity contribution in [3.05, 3.63) is 46.0 Å². The lowest BCUT2D eigenvalue weighted by molar-refractivity contribution is 0.415. The van der Waals surface area contributed by atoms with Crippen LogP contribution in [0.4, 0.5) is 0 Å². The number of hydrogen-bond acceptors (Lipinski definition) is 3. The number of aromatic amines is 1. The molecule has 0 radical (unpaired) electrons. The molecule has 88 valence electrons. The van der Waals surface area contributed by atoms with Gasteiger partial charge < -0.3 is 9.72 Å². The Hall–Kier alpha value is -2.10. The first-order valence-corrected chi connectivity index (χ1v) is 5.34. The second-order valence-corrected chi connectivity index (χ2v) is 3.85. The Morgan fingerprint density at radius 1 is 1.18 bits per heavy atom. The summed E-state index contributed by atoms with van der Waals surface area (Å²) in [4.78, 5) is 18.7. The Morgan fingerprint density at radius 2 is 1.82 bits per heavy atom. The van der Waals surface area contributed by atoms with Gasteiger partial charge in [-0.3, -0.25) is 4.79 Å². The number of hydrogen-bond donors (Lipinski definition) is 1. The Labute approximate surface area is 99.3 Å². The number of H-pyrrole nitrogens is 1. The lowest BCUT2D eigenvalue weighted by atomic mass is 10.1. The van der Waals surface area contributed by atoms with Crippen LogP contribution in [0.15, 0.2) is 29.1 Å². The molecule has 0 bridgehead atoms. The lowest BCUT2D eigenvalue weighted by Crippen LogP contribution is -2.14. The van der Waals surface area contributed by atoms with Gasteiger partial charge in [0, 0.05) is 11.1 Å². The predicted octanol–water partition coefficient (Wildman–Crippen LogP) is 2.06. The standard InChI is InChI=1S/C13H14N2O2/c1-8-12(14-9(2)15-13(8)16)10-4-6-11(17-3)7-5-10/h4-7H,1-3H3,(H,14,15,16). The average Bonchev–Trinajstić information content (AvgIpc) is 2.34. The number of aromatic nitrogens is 2. The number of rotatable bonds is 2. The van der Waals surface area contributed by atoms with Crippen LogP contribution in [-0.2, 0) is 0 Å². The molecule has 1 heterocycles. The molecule has 2 aromatic rings. The van der Waals surface area contributed by atoms with Crippen LogP contribution in [0.2, 0.25) is 0 Å². The molecular formula is C13H14N2O2. The minimum Gasteiger partial charge on any atom is -0.497 e. The van der Waals surface area contributed by atoms with Gasteiger partial charge in [-0.1, -0.05) is 0 Å². The second-order valence-electron chi connectivity index (χ2n) is 3.85. The van der Waals surface area contributed by atoms with E-state index in [0.717, 1.165) is 11.3 Å². The number of nitrogens with zero attached hydrogens (tertiary/aromatic N) is 1. The van der Waals surface area contributed by atoms with E-state index in [1.54, 1.807) is 21.0 Å². The van der Waals surface area contributed by atoms with Crippen LogP contribution in [0, 0.1) is 13.8 Å². The fourth-order valence-electron chi connectivity index (χ4n) is 1.68. The van der Waals surface area contributed by atoms with Crippen molar-refractivity contribution in [3.63, 3.8) is 0 Å². The molecule has 4 heteroatoms. The van der Waals surface area contributed by atoms with Gasteiger partial charge in [-0.15, -0.1) is 0 Å². The van der Waals surface area contributed by atoms with E-state index >= 15 is 0 Å². The summed E-state index contributed by atoms with van der Waals surface area (Å²) in [6.45, 7) is 3.54. The maximum Gasteiger partial charge on any atom is 0.254 e. The number of benzene rings is 1. The van der Waals surface area contributed by atoms with Crippen molar-refractivity contribution >= 4 is 0 Å². The highest BCUT2D eigenvalue weighted by molar-refractivity contribution is 5.63. The fraction of sp³-hybridized carbons (Fsp3) is 0.231. The third-order valence-electron chi connectivity index (χ3n) is 2.63. The second kappa shape index (κ2) is 4.41. The van der Waals surface area contributed by atoms with Gasteiger partial charge in [0.05, 0.1) is 12.8 Å². The molecule has 0 saturated heterocycles. The van der Waals surface area contributed by atoms with Crippen LogP contribution >= 0.6 is 0 Å². The van der Waals surface area contributed by atoms with E-state index < -0.39 is 0 Å².